The summed E-state index contributed by atoms with van der Waals surface area (Å²) in [6, 6.07) is 0.493. The number of ether oxygens (including phenoxy) is 1. The molecule has 0 spiro atoms. The van der Waals surface area contributed by atoms with Gasteiger partial charge in [-0.25, -0.2) is 0 Å². The monoisotopic (exact) mass is 235 g/mol. The fourth-order valence-corrected chi connectivity index (χ4v) is 4.73. The Morgan fingerprint density at radius 2 is 2.14 bits per heavy atom. The highest BCUT2D eigenvalue weighted by molar-refractivity contribution is 8.07. The van der Waals surface area contributed by atoms with E-state index in [0.717, 1.165) is 17.1 Å². The highest BCUT2D eigenvalue weighted by Crippen LogP contribution is 2.36. The third-order valence-electron chi connectivity index (χ3n) is 2.74. The number of likely N-dealkylation sites (N-methyl/N-ethyl adjacent to an activating group) is 1. The molecule has 1 rings (SSSR count). The number of hydrogen-bond acceptors (Lipinski definition) is 4. The van der Waals surface area contributed by atoms with Crippen LogP contribution in [0, 0.1) is 0 Å². The fourth-order valence-electron chi connectivity index (χ4n) is 1.57. The van der Waals surface area contributed by atoms with E-state index in [1.54, 1.807) is 7.11 Å². The third-order valence-corrected chi connectivity index (χ3v) is 6.29. The van der Waals surface area contributed by atoms with Gasteiger partial charge in [0, 0.05) is 34.7 Å². The molecular weight excluding hydrogens is 214 g/mol. The Morgan fingerprint density at radius 3 is 2.64 bits per heavy atom. The van der Waals surface area contributed by atoms with Crippen LogP contribution >= 0.6 is 23.5 Å². The molecule has 1 fully saturated rings. The molecule has 0 aromatic rings. The Labute approximate surface area is 95.9 Å². The maximum absolute atomic E-state index is 5.23. The minimum absolute atomic E-state index is 0.493. The van der Waals surface area contributed by atoms with Crippen molar-refractivity contribution in [2.75, 3.05) is 26.5 Å². The lowest BCUT2D eigenvalue weighted by molar-refractivity contribution is 0.170. The van der Waals surface area contributed by atoms with Gasteiger partial charge < -0.3 is 10.1 Å². The van der Waals surface area contributed by atoms with Crippen molar-refractivity contribution in [2.24, 2.45) is 0 Å². The topological polar surface area (TPSA) is 21.3 Å². The van der Waals surface area contributed by atoms with Gasteiger partial charge in [-0.05, 0) is 7.05 Å². The van der Waals surface area contributed by atoms with E-state index in [2.05, 4.69) is 42.7 Å². The molecular formula is C10H21NOS2. The van der Waals surface area contributed by atoms with Crippen LogP contribution in [0.3, 0.4) is 0 Å². The molecule has 14 heavy (non-hydrogen) atoms. The largest absolute Gasteiger partial charge is 0.383 e. The molecule has 0 aliphatic carbocycles. The fraction of sp³-hybridized carbons (Fsp3) is 1.00. The summed E-state index contributed by atoms with van der Waals surface area (Å²) < 4.78 is 5.23. The van der Waals surface area contributed by atoms with Gasteiger partial charge in [-0.3, -0.25) is 0 Å². The Morgan fingerprint density at radius 1 is 1.43 bits per heavy atom. The first-order chi connectivity index (χ1) is 6.69. The molecule has 0 aromatic carbocycles. The SMILES string of the molecule is CNC(COC)C1CSC(C)C(C)S1. The Hall–Kier alpha value is 0.620. The third kappa shape index (κ3) is 3.33. The predicted molar refractivity (Wildman–Crippen MR) is 67.5 cm³/mol. The summed E-state index contributed by atoms with van der Waals surface area (Å²) in [6.07, 6.45) is 0. The summed E-state index contributed by atoms with van der Waals surface area (Å²) in [7, 11) is 3.80. The summed E-state index contributed by atoms with van der Waals surface area (Å²) in [4.78, 5) is 0. The standard InChI is InChI=1S/C10H21NOS2/c1-7-8(2)14-10(6-13-7)9(11-3)5-12-4/h7-11H,5-6H2,1-4H3. The zero-order valence-corrected chi connectivity index (χ0v) is 11.1. The van der Waals surface area contributed by atoms with Crippen LogP contribution in [0.5, 0.6) is 0 Å². The van der Waals surface area contributed by atoms with Crippen molar-refractivity contribution in [1.29, 1.82) is 0 Å². The first-order valence-corrected chi connectivity index (χ1v) is 7.11. The van der Waals surface area contributed by atoms with Gasteiger partial charge in [0.15, 0.2) is 0 Å². The van der Waals surface area contributed by atoms with Crippen molar-refractivity contribution in [3.8, 4) is 0 Å². The van der Waals surface area contributed by atoms with Gasteiger partial charge in [0.1, 0.15) is 0 Å². The maximum Gasteiger partial charge on any atom is 0.0626 e. The summed E-state index contributed by atoms with van der Waals surface area (Å²) in [5.41, 5.74) is 0. The van der Waals surface area contributed by atoms with Crippen LogP contribution in [0.1, 0.15) is 13.8 Å². The number of thioether (sulfide) groups is 2. The molecule has 84 valence electrons. The summed E-state index contributed by atoms with van der Waals surface area (Å²) in [6.45, 7) is 5.47. The molecule has 0 aromatic heterocycles. The van der Waals surface area contributed by atoms with E-state index >= 15 is 0 Å². The van der Waals surface area contributed by atoms with Crippen molar-refractivity contribution in [1.82, 2.24) is 5.32 Å². The minimum atomic E-state index is 0.493. The molecule has 2 nitrogen and oxygen atoms in total. The molecule has 0 amide bonds. The van der Waals surface area contributed by atoms with Crippen molar-refractivity contribution in [2.45, 2.75) is 35.6 Å². The lowest BCUT2D eigenvalue weighted by Crippen LogP contribution is -2.44. The molecule has 4 unspecified atom stereocenters. The lowest BCUT2D eigenvalue weighted by Gasteiger charge is -2.35. The van der Waals surface area contributed by atoms with Gasteiger partial charge in [0.25, 0.3) is 0 Å². The van der Waals surface area contributed by atoms with Crippen molar-refractivity contribution in [3.63, 3.8) is 0 Å². The Balaban J connectivity index is 2.43. The summed E-state index contributed by atoms with van der Waals surface area (Å²) in [5, 5.41) is 5.58. The van der Waals surface area contributed by atoms with Crippen LogP contribution in [0.15, 0.2) is 0 Å². The number of nitrogens with one attached hydrogen (secondary N) is 1. The van der Waals surface area contributed by atoms with Crippen LogP contribution in [-0.4, -0.2) is 48.3 Å². The number of hydrogen-bond donors (Lipinski definition) is 1. The zero-order valence-electron chi connectivity index (χ0n) is 9.45. The molecule has 4 heteroatoms. The van der Waals surface area contributed by atoms with Crippen LogP contribution in [0.25, 0.3) is 0 Å². The highest BCUT2D eigenvalue weighted by atomic mass is 32.2. The van der Waals surface area contributed by atoms with Crippen LogP contribution in [0.4, 0.5) is 0 Å². The first kappa shape index (κ1) is 12.7. The van der Waals surface area contributed by atoms with Crippen molar-refractivity contribution < 1.29 is 4.74 Å². The zero-order chi connectivity index (χ0) is 10.6. The van der Waals surface area contributed by atoms with Crippen LogP contribution in [-0.2, 0) is 4.74 Å². The Bertz CT molecular complexity index is 168. The molecule has 1 heterocycles. The van der Waals surface area contributed by atoms with E-state index in [1.807, 2.05) is 7.05 Å². The predicted octanol–water partition coefficient (Wildman–Crippen LogP) is 1.85. The van der Waals surface area contributed by atoms with Gasteiger partial charge in [-0.1, -0.05) is 13.8 Å². The molecule has 0 radical (unpaired) electrons. The van der Waals surface area contributed by atoms with E-state index < -0.39 is 0 Å². The summed E-state index contributed by atoms with van der Waals surface area (Å²) >= 11 is 4.19. The van der Waals surface area contributed by atoms with Crippen LogP contribution in [0.2, 0.25) is 0 Å². The molecule has 0 saturated carbocycles. The molecule has 1 N–H and O–H groups in total. The normalized spacial score (nSPS) is 35.6. The molecule has 4 atom stereocenters. The maximum atomic E-state index is 5.23. The molecule has 1 aliphatic rings. The first-order valence-electron chi connectivity index (χ1n) is 5.12. The second kappa shape index (κ2) is 6.26. The Kier molecular flexibility index (Phi) is 5.67. The molecule has 1 aliphatic heterocycles. The lowest BCUT2D eigenvalue weighted by atomic mass is 10.2. The quantitative estimate of drug-likeness (QED) is 0.802. The van der Waals surface area contributed by atoms with Gasteiger partial charge in [-0.15, -0.1) is 0 Å². The van der Waals surface area contributed by atoms with Gasteiger partial charge in [0.05, 0.1) is 6.61 Å². The van der Waals surface area contributed by atoms with Crippen LogP contribution < -0.4 is 5.32 Å². The second-order valence-corrected chi connectivity index (χ2v) is 6.80. The summed E-state index contributed by atoms with van der Waals surface area (Å²) in [5.74, 6) is 1.24. The number of methoxy groups -OCH3 is 1. The second-order valence-electron chi connectivity index (χ2n) is 3.77. The smallest absolute Gasteiger partial charge is 0.0626 e. The van der Waals surface area contributed by atoms with E-state index in [1.165, 1.54) is 5.75 Å². The van der Waals surface area contributed by atoms with E-state index in [9.17, 15) is 0 Å². The number of rotatable bonds is 4. The van der Waals surface area contributed by atoms with Gasteiger partial charge in [0.2, 0.25) is 0 Å². The van der Waals surface area contributed by atoms with E-state index in [0.29, 0.717) is 11.3 Å². The molecule has 1 saturated heterocycles. The average molecular weight is 235 g/mol. The van der Waals surface area contributed by atoms with Gasteiger partial charge in [-0.2, -0.15) is 23.5 Å². The van der Waals surface area contributed by atoms with Crippen molar-refractivity contribution >= 4 is 23.5 Å². The van der Waals surface area contributed by atoms with E-state index in [4.69, 9.17) is 4.74 Å². The minimum Gasteiger partial charge on any atom is -0.383 e. The average Bonchev–Trinajstić information content (AvgIpc) is 2.19. The highest BCUT2D eigenvalue weighted by Gasteiger charge is 2.30. The molecule has 0 bridgehead atoms. The van der Waals surface area contributed by atoms with Crippen molar-refractivity contribution in [3.05, 3.63) is 0 Å². The van der Waals surface area contributed by atoms with E-state index in [-0.39, 0.29) is 0 Å². The van der Waals surface area contributed by atoms with Gasteiger partial charge >= 0.3 is 0 Å².